The molecule has 3 aromatic rings. The van der Waals surface area contributed by atoms with Crippen LogP contribution in [0.4, 0.5) is 16.5 Å². The first kappa shape index (κ1) is 19.4. The number of halogens is 1. The molecule has 7 nitrogen and oxygen atoms in total. The summed E-state index contributed by atoms with van der Waals surface area (Å²) in [5.74, 6) is 0. The molecule has 2 aromatic carbocycles. The zero-order valence-corrected chi connectivity index (χ0v) is 18.2. The Labute approximate surface area is 175 Å². The lowest BCUT2D eigenvalue weighted by Crippen LogP contribution is -2.13. The third-order valence-corrected chi connectivity index (χ3v) is 6.82. The summed E-state index contributed by atoms with van der Waals surface area (Å²) in [6.45, 7) is 0.787. The Kier molecular flexibility index (Phi) is 5.21. The fraction of sp³-hybridized carbons (Fsp3) is 0.278. The molecule has 0 atom stereocenters. The summed E-state index contributed by atoms with van der Waals surface area (Å²) in [5.41, 5.74) is 3.91. The molecule has 1 aromatic heterocycles. The second-order valence-corrected chi connectivity index (χ2v) is 9.72. The summed E-state index contributed by atoms with van der Waals surface area (Å²) in [6.07, 6.45) is 1.71. The lowest BCUT2D eigenvalue weighted by Gasteiger charge is -2.13. The van der Waals surface area contributed by atoms with Gasteiger partial charge in [-0.25, -0.2) is 4.98 Å². The number of fused-ring (bicyclic) bond motifs is 2. The number of hydrogen-bond donors (Lipinski definition) is 1. The molecule has 1 aliphatic heterocycles. The highest BCUT2D eigenvalue weighted by molar-refractivity contribution is 9.09. The van der Waals surface area contributed by atoms with Crippen LogP contribution in [0.1, 0.15) is 11.1 Å². The number of hydrogen-bond acceptors (Lipinski definition) is 7. The summed E-state index contributed by atoms with van der Waals surface area (Å²) in [7, 11) is -2.54. The van der Waals surface area contributed by atoms with E-state index in [0.29, 0.717) is 5.13 Å². The summed E-state index contributed by atoms with van der Waals surface area (Å²) in [6, 6.07) is 9.17. The number of aryl methyl sites for hydroxylation is 1. The lowest BCUT2D eigenvalue weighted by molar-refractivity contribution is 0.483. The van der Waals surface area contributed by atoms with E-state index in [-0.39, 0.29) is 10.6 Å². The Morgan fingerprint density at radius 1 is 1.29 bits per heavy atom. The van der Waals surface area contributed by atoms with Gasteiger partial charge in [0.2, 0.25) is 5.13 Å². The highest BCUT2D eigenvalue weighted by Crippen LogP contribution is 2.37. The highest BCUT2D eigenvalue weighted by Gasteiger charge is 2.24. The van der Waals surface area contributed by atoms with Gasteiger partial charge in [-0.1, -0.05) is 33.3 Å². The Balaban J connectivity index is 1.72. The van der Waals surface area contributed by atoms with Crippen LogP contribution < -0.4 is 4.90 Å². The molecule has 0 fully saturated rings. The van der Waals surface area contributed by atoms with Gasteiger partial charge in [0.05, 0.1) is 10.2 Å². The number of benzene rings is 2. The minimum atomic E-state index is -4.42. The number of alkyl halides is 1. The van der Waals surface area contributed by atoms with Gasteiger partial charge < -0.3 is 4.90 Å². The maximum Gasteiger partial charge on any atom is 0.296 e. The van der Waals surface area contributed by atoms with Crippen molar-refractivity contribution in [3.63, 3.8) is 0 Å². The summed E-state index contributed by atoms with van der Waals surface area (Å²) < 4.78 is 34.3. The molecule has 1 N–H and O–H groups in total. The van der Waals surface area contributed by atoms with Crippen molar-refractivity contribution >= 4 is 64.1 Å². The molecule has 0 spiro atoms. The fourth-order valence-electron chi connectivity index (χ4n) is 3.21. The second kappa shape index (κ2) is 7.51. The van der Waals surface area contributed by atoms with Crippen LogP contribution in [0.15, 0.2) is 45.5 Å². The summed E-state index contributed by atoms with van der Waals surface area (Å²) in [5, 5.41) is 9.57. The maximum atomic E-state index is 11.8. The average Bonchev–Trinajstić information content (AvgIpc) is 3.21. The molecule has 0 radical (unpaired) electrons. The minimum Gasteiger partial charge on any atom is -0.374 e. The van der Waals surface area contributed by atoms with Crippen molar-refractivity contribution in [3.05, 3.63) is 41.5 Å². The van der Waals surface area contributed by atoms with Gasteiger partial charge >= 0.3 is 0 Å². The predicted molar refractivity (Wildman–Crippen MR) is 115 cm³/mol. The van der Waals surface area contributed by atoms with E-state index >= 15 is 0 Å². The Hall–Kier alpha value is -1.88. The van der Waals surface area contributed by atoms with Crippen molar-refractivity contribution in [2.75, 3.05) is 23.8 Å². The van der Waals surface area contributed by atoms with Gasteiger partial charge in [0.1, 0.15) is 10.6 Å². The third kappa shape index (κ3) is 3.82. The minimum absolute atomic E-state index is 0.121. The summed E-state index contributed by atoms with van der Waals surface area (Å²) in [4.78, 5) is 6.13. The van der Waals surface area contributed by atoms with Crippen molar-refractivity contribution < 1.29 is 13.0 Å². The predicted octanol–water partition coefficient (Wildman–Crippen LogP) is 4.89. The molecular weight excluding hydrogens is 464 g/mol. The first-order chi connectivity index (χ1) is 13.3. The number of anilines is 1. The molecular formula is C18H17BrN4O3S2. The largest absolute Gasteiger partial charge is 0.374 e. The zero-order chi connectivity index (χ0) is 19.9. The molecule has 28 heavy (non-hydrogen) atoms. The van der Waals surface area contributed by atoms with Crippen molar-refractivity contribution in [3.8, 4) is 0 Å². The van der Waals surface area contributed by atoms with Crippen molar-refractivity contribution in [1.29, 1.82) is 0 Å². The first-order valence-electron chi connectivity index (χ1n) is 8.58. The molecule has 146 valence electrons. The van der Waals surface area contributed by atoms with Crippen LogP contribution >= 0.6 is 27.3 Å². The van der Waals surface area contributed by atoms with Crippen LogP contribution in [-0.4, -0.2) is 36.9 Å². The first-order valence-corrected chi connectivity index (χ1v) is 12.0. The molecule has 10 heteroatoms. The topological polar surface area (TPSA) is 95.2 Å². The molecule has 0 amide bonds. The van der Waals surface area contributed by atoms with E-state index in [4.69, 9.17) is 0 Å². The SMILES string of the molecule is CN1CCc2cc(N=Nc3nc4ccc(CCBr)cc4s3)c(S(=O)(=O)O)cc21. The number of aromatic nitrogens is 1. The average molecular weight is 481 g/mol. The monoisotopic (exact) mass is 480 g/mol. The maximum absolute atomic E-state index is 11.8. The molecule has 1 aliphatic rings. The van der Waals surface area contributed by atoms with Crippen LogP contribution in [0.5, 0.6) is 0 Å². The van der Waals surface area contributed by atoms with Gasteiger partial charge in [-0.15, -0.1) is 10.2 Å². The fourth-order valence-corrected chi connectivity index (χ4v) is 5.14. The number of azo groups is 1. The van der Waals surface area contributed by atoms with E-state index in [2.05, 4.69) is 37.2 Å². The van der Waals surface area contributed by atoms with E-state index in [1.54, 1.807) is 6.07 Å². The van der Waals surface area contributed by atoms with Crippen LogP contribution in [-0.2, 0) is 23.0 Å². The van der Waals surface area contributed by atoms with Gasteiger partial charge in [-0.2, -0.15) is 8.42 Å². The standard InChI is InChI=1S/C18H17BrN4O3S2/c1-23-7-5-12-9-14(17(10-15(12)23)28(24,25)26)21-22-18-20-13-3-2-11(4-6-19)8-16(13)27-18/h2-3,8-10H,4-7H2,1H3,(H,24,25,26). The Morgan fingerprint density at radius 3 is 2.86 bits per heavy atom. The normalized spacial score (nSPS) is 14.3. The van der Waals surface area contributed by atoms with Gasteiger partial charge in [0, 0.05) is 24.6 Å². The molecule has 0 unspecified atom stereocenters. The molecule has 4 rings (SSSR count). The number of rotatable bonds is 5. The van der Waals surface area contributed by atoms with E-state index in [1.165, 1.54) is 23.0 Å². The van der Waals surface area contributed by atoms with E-state index < -0.39 is 10.1 Å². The van der Waals surface area contributed by atoms with E-state index in [0.717, 1.165) is 46.2 Å². The Morgan fingerprint density at radius 2 is 2.11 bits per heavy atom. The van der Waals surface area contributed by atoms with E-state index in [9.17, 15) is 13.0 Å². The van der Waals surface area contributed by atoms with Gasteiger partial charge in [0.15, 0.2) is 0 Å². The van der Waals surface area contributed by atoms with Crippen LogP contribution in [0.25, 0.3) is 10.2 Å². The Bertz CT molecular complexity index is 1190. The highest BCUT2D eigenvalue weighted by atomic mass is 79.9. The van der Waals surface area contributed by atoms with Gasteiger partial charge in [0.25, 0.3) is 10.1 Å². The molecule has 0 saturated carbocycles. The van der Waals surface area contributed by atoms with Crippen LogP contribution in [0.2, 0.25) is 0 Å². The molecule has 2 heterocycles. The number of nitrogens with zero attached hydrogens (tertiary/aromatic N) is 4. The van der Waals surface area contributed by atoms with Crippen molar-refractivity contribution in [2.24, 2.45) is 10.2 Å². The molecule has 0 aliphatic carbocycles. The van der Waals surface area contributed by atoms with Crippen molar-refractivity contribution in [2.45, 2.75) is 17.7 Å². The van der Waals surface area contributed by atoms with Crippen LogP contribution in [0, 0.1) is 0 Å². The zero-order valence-electron chi connectivity index (χ0n) is 15.0. The van der Waals surface area contributed by atoms with Gasteiger partial charge in [-0.05, 0) is 48.2 Å². The molecule has 0 bridgehead atoms. The lowest BCUT2D eigenvalue weighted by atomic mass is 10.1. The van der Waals surface area contributed by atoms with E-state index in [1.807, 2.05) is 24.1 Å². The van der Waals surface area contributed by atoms with Crippen molar-refractivity contribution in [1.82, 2.24) is 4.98 Å². The number of thiazole rings is 1. The van der Waals surface area contributed by atoms with Gasteiger partial charge in [-0.3, -0.25) is 4.55 Å². The van der Waals surface area contributed by atoms with Crippen LogP contribution in [0.3, 0.4) is 0 Å². The number of likely N-dealkylation sites (N-methyl/N-ethyl adjacent to an activating group) is 1. The smallest absolute Gasteiger partial charge is 0.296 e. The third-order valence-electron chi connectivity index (χ3n) is 4.63. The quantitative estimate of drug-likeness (QED) is 0.318. The second-order valence-electron chi connectivity index (χ2n) is 6.53. The molecule has 0 saturated heterocycles. The summed E-state index contributed by atoms with van der Waals surface area (Å²) >= 11 is 4.82.